The number of aliphatic carboxylic acids is 1. The Balaban J connectivity index is 1.75. The second-order valence-electron chi connectivity index (χ2n) is 5.34. The number of furan rings is 1. The van der Waals surface area contributed by atoms with Gasteiger partial charge in [0.1, 0.15) is 11.8 Å². The molecule has 0 radical (unpaired) electrons. The molecule has 1 saturated carbocycles. The van der Waals surface area contributed by atoms with Crippen molar-refractivity contribution in [2.45, 2.75) is 31.5 Å². The number of carboxylic acids is 1. The van der Waals surface area contributed by atoms with Gasteiger partial charge in [0, 0.05) is 24.1 Å². The predicted molar refractivity (Wildman–Crippen MR) is 78.1 cm³/mol. The third-order valence-electron chi connectivity index (χ3n) is 3.80. The fourth-order valence-corrected chi connectivity index (χ4v) is 3.55. The first-order valence-corrected chi connectivity index (χ1v) is 8.22. The van der Waals surface area contributed by atoms with E-state index < -0.39 is 12.0 Å². The molecule has 6 nitrogen and oxygen atoms in total. The first-order valence-electron chi connectivity index (χ1n) is 7.07. The fraction of sp³-hybridized carbons (Fsp3) is 0.571. The van der Waals surface area contributed by atoms with Crippen molar-refractivity contribution in [3.63, 3.8) is 0 Å². The zero-order valence-electron chi connectivity index (χ0n) is 11.6. The summed E-state index contributed by atoms with van der Waals surface area (Å²) in [7, 11) is 0. The van der Waals surface area contributed by atoms with Crippen LogP contribution in [0.4, 0.5) is 4.79 Å². The third-order valence-corrected chi connectivity index (χ3v) is 4.82. The molecule has 2 amide bonds. The lowest BCUT2D eigenvalue weighted by atomic mass is 10.2. The maximum Gasteiger partial charge on any atom is 0.327 e. The molecule has 1 N–H and O–H groups in total. The summed E-state index contributed by atoms with van der Waals surface area (Å²) in [5.41, 5.74) is 0. The van der Waals surface area contributed by atoms with Crippen LogP contribution in [-0.2, 0) is 11.3 Å². The molecule has 1 aliphatic heterocycles. The van der Waals surface area contributed by atoms with E-state index in [9.17, 15) is 14.7 Å². The van der Waals surface area contributed by atoms with Crippen LogP contribution < -0.4 is 0 Å². The predicted octanol–water partition coefficient (Wildman–Crippen LogP) is 1.87. The number of hydrogen-bond donors (Lipinski definition) is 1. The standard InChI is InChI=1S/C14H18N2O4S/c17-13(18)12-9-21-7-5-15(12)14(19)16(10-3-4-10)8-11-2-1-6-20-11/h1-2,6,10,12H,3-5,7-9H2,(H,17,18). The van der Waals surface area contributed by atoms with Gasteiger partial charge in [-0.05, 0) is 25.0 Å². The Labute approximate surface area is 127 Å². The van der Waals surface area contributed by atoms with Crippen molar-refractivity contribution in [1.82, 2.24) is 9.80 Å². The number of carboxylic acid groups (broad SMARTS) is 1. The number of rotatable bonds is 4. The van der Waals surface area contributed by atoms with E-state index in [1.54, 1.807) is 29.0 Å². The van der Waals surface area contributed by atoms with Crippen LogP contribution in [0.3, 0.4) is 0 Å². The molecule has 1 aromatic heterocycles. The van der Waals surface area contributed by atoms with Crippen molar-refractivity contribution in [3.8, 4) is 0 Å². The van der Waals surface area contributed by atoms with Crippen LogP contribution >= 0.6 is 11.8 Å². The molecular weight excluding hydrogens is 292 g/mol. The van der Waals surface area contributed by atoms with Crippen LogP contribution in [0.25, 0.3) is 0 Å². The first-order chi connectivity index (χ1) is 10.2. The van der Waals surface area contributed by atoms with Crippen molar-refractivity contribution in [1.29, 1.82) is 0 Å². The van der Waals surface area contributed by atoms with E-state index in [2.05, 4.69) is 0 Å². The van der Waals surface area contributed by atoms with Gasteiger partial charge in [-0.25, -0.2) is 9.59 Å². The highest BCUT2D eigenvalue weighted by Crippen LogP contribution is 2.31. The third kappa shape index (κ3) is 3.18. The van der Waals surface area contributed by atoms with Crippen molar-refractivity contribution in [2.75, 3.05) is 18.1 Å². The number of nitrogens with zero attached hydrogens (tertiary/aromatic N) is 2. The smallest absolute Gasteiger partial charge is 0.327 e. The highest BCUT2D eigenvalue weighted by atomic mass is 32.2. The molecule has 1 saturated heterocycles. The van der Waals surface area contributed by atoms with Crippen LogP contribution in [0, 0.1) is 0 Å². The van der Waals surface area contributed by atoms with Gasteiger partial charge in [0.25, 0.3) is 0 Å². The van der Waals surface area contributed by atoms with Gasteiger partial charge in [0.05, 0.1) is 12.8 Å². The summed E-state index contributed by atoms with van der Waals surface area (Å²) in [6.45, 7) is 0.897. The van der Waals surface area contributed by atoms with Gasteiger partial charge >= 0.3 is 12.0 Å². The molecule has 1 unspecified atom stereocenters. The van der Waals surface area contributed by atoms with E-state index in [-0.39, 0.29) is 12.1 Å². The van der Waals surface area contributed by atoms with Crippen LogP contribution in [0.5, 0.6) is 0 Å². The van der Waals surface area contributed by atoms with E-state index in [0.29, 0.717) is 18.8 Å². The first kappa shape index (κ1) is 14.3. The van der Waals surface area contributed by atoms with Gasteiger partial charge in [-0.15, -0.1) is 0 Å². The maximum absolute atomic E-state index is 12.8. The van der Waals surface area contributed by atoms with Gasteiger partial charge in [-0.3, -0.25) is 0 Å². The lowest BCUT2D eigenvalue weighted by Crippen LogP contribution is -2.55. The highest BCUT2D eigenvalue weighted by molar-refractivity contribution is 7.99. The van der Waals surface area contributed by atoms with Crippen molar-refractivity contribution in [3.05, 3.63) is 24.2 Å². The van der Waals surface area contributed by atoms with Crippen LogP contribution in [0.15, 0.2) is 22.8 Å². The summed E-state index contributed by atoms with van der Waals surface area (Å²) < 4.78 is 5.32. The van der Waals surface area contributed by atoms with E-state index in [1.165, 1.54) is 4.90 Å². The zero-order chi connectivity index (χ0) is 14.8. The molecule has 0 aromatic carbocycles. The van der Waals surface area contributed by atoms with Crippen molar-refractivity contribution in [2.24, 2.45) is 0 Å². The number of amides is 2. The van der Waals surface area contributed by atoms with E-state index in [1.807, 2.05) is 6.07 Å². The normalized spacial score (nSPS) is 22.1. The van der Waals surface area contributed by atoms with Crippen LogP contribution in [0.1, 0.15) is 18.6 Å². The maximum atomic E-state index is 12.8. The van der Waals surface area contributed by atoms with Gasteiger partial charge in [0.2, 0.25) is 0 Å². The molecule has 7 heteroatoms. The average molecular weight is 310 g/mol. The van der Waals surface area contributed by atoms with E-state index >= 15 is 0 Å². The Morgan fingerprint density at radius 1 is 1.48 bits per heavy atom. The monoisotopic (exact) mass is 310 g/mol. The quantitative estimate of drug-likeness (QED) is 0.919. The van der Waals surface area contributed by atoms with Crippen LogP contribution in [-0.4, -0.2) is 57.0 Å². The van der Waals surface area contributed by atoms with E-state index in [0.717, 1.165) is 24.4 Å². The van der Waals surface area contributed by atoms with Crippen molar-refractivity contribution >= 4 is 23.8 Å². The molecule has 2 fully saturated rings. The minimum absolute atomic E-state index is 0.179. The molecule has 1 aliphatic carbocycles. The minimum atomic E-state index is -0.927. The largest absolute Gasteiger partial charge is 0.480 e. The molecule has 2 heterocycles. The summed E-state index contributed by atoms with van der Waals surface area (Å²) in [6, 6.07) is 2.94. The SMILES string of the molecule is O=C(O)C1CSCCN1C(=O)N(Cc1ccco1)C1CC1. The lowest BCUT2D eigenvalue weighted by molar-refractivity contribution is -0.141. The van der Waals surface area contributed by atoms with Gasteiger partial charge in [0.15, 0.2) is 0 Å². The molecular formula is C14H18N2O4S. The topological polar surface area (TPSA) is 74.0 Å². The number of urea groups is 1. The summed E-state index contributed by atoms with van der Waals surface area (Å²) in [4.78, 5) is 27.4. The molecule has 1 atom stereocenters. The van der Waals surface area contributed by atoms with Gasteiger partial charge in [-0.2, -0.15) is 11.8 Å². The molecule has 21 heavy (non-hydrogen) atoms. The molecule has 114 valence electrons. The number of carbonyl (C=O) groups is 2. The molecule has 0 spiro atoms. The average Bonchev–Trinajstić information content (AvgIpc) is 3.20. The van der Waals surface area contributed by atoms with Gasteiger partial charge < -0.3 is 19.3 Å². The summed E-state index contributed by atoms with van der Waals surface area (Å²) in [5.74, 6) is 1.05. The Morgan fingerprint density at radius 3 is 2.90 bits per heavy atom. The Hall–Kier alpha value is -1.63. The second-order valence-corrected chi connectivity index (χ2v) is 6.49. The minimum Gasteiger partial charge on any atom is -0.480 e. The van der Waals surface area contributed by atoms with Crippen molar-refractivity contribution < 1.29 is 19.1 Å². The Morgan fingerprint density at radius 2 is 2.29 bits per heavy atom. The number of hydrogen-bond acceptors (Lipinski definition) is 4. The lowest BCUT2D eigenvalue weighted by Gasteiger charge is -2.36. The van der Waals surface area contributed by atoms with Crippen LogP contribution in [0.2, 0.25) is 0 Å². The zero-order valence-corrected chi connectivity index (χ0v) is 12.4. The summed E-state index contributed by atoms with van der Waals surface area (Å²) >= 11 is 1.58. The molecule has 0 bridgehead atoms. The second kappa shape index (κ2) is 6.01. The van der Waals surface area contributed by atoms with E-state index in [4.69, 9.17) is 4.42 Å². The Bertz CT molecular complexity index is 515. The number of carbonyl (C=O) groups excluding carboxylic acids is 1. The fourth-order valence-electron chi connectivity index (χ4n) is 2.51. The van der Waals surface area contributed by atoms with Gasteiger partial charge in [-0.1, -0.05) is 0 Å². The highest BCUT2D eigenvalue weighted by Gasteiger charge is 2.40. The molecule has 3 rings (SSSR count). The Kier molecular flexibility index (Phi) is 4.10. The summed E-state index contributed by atoms with van der Waals surface area (Å²) in [5, 5.41) is 9.31. The molecule has 2 aliphatic rings. The number of thioether (sulfide) groups is 1. The molecule has 1 aromatic rings. The summed E-state index contributed by atoms with van der Waals surface area (Å²) in [6.07, 6.45) is 3.54.